The number of guanidine groups is 1. The van der Waals surface area contributed by atoms with Crippen LogP contribution in [0.15, 0.2) is 17.3 Å². The Morgan fingerprint density at radius 2 is 2.00 bits per heavy atom. The molecule has 1 rings (SSSR count). The number of methoxy groups -OCH3 is 1. The van der Waals surface area contributed by atoms with Gasteiger partial charge in [-0.3, -0.25) is 5.41 Å². The molecule has 8 nitrogen and oxygen atoms in total. The molecular weight excluding hydrogens is 284 g/mol. The van der Waals surface area contributed by atoms with Gasteiger partial charge in [0, 0.05) is 33.3 Å². The molecule has 0 unspecified atom stereocenters. The SMILES string of the molecule is CNC(=N)Nc1cc(N=O)c(N(C)CCN(C)C)cc1OC. The summed E-state index contributed by atoms with van der Waals surface area (Å²) < 4.78 is 5.34. The van der Waals surface area contributed by atoms with Crippen molar-refractivity contribution < 1.29 is 4.74 Å². The van der Waals surface area contributed by atoms with Gasteiger partial charge in [0.05, 0.1) is 18.5 Å². The van der Waals surface area contributed by atoms with Crippen LogP contribution in [-0.2, 0) is 0 Å². The monoisotopic (exact) mass is 308 g/mol. The van der Waals surface area contributed by atoms with Crippen molar-refractivity contribution in [1.82, 2.24) is 10.2 Å². The zero-order valence-electron chi connectivity index (χ0n) is 13.7. The summed E-state index contributed by atoms with van der Waals surface area (Å²) in [5.74, 6) is 0.642. The number of hydrogen-bond acceptors (Lipinski definition) is 6. The summed E-state index contributed by atoms with van der Waals surface area (Å²) in [6.45, 7) is 1.60. The highest BCUT2D eigenvalue weighted by Gasteiger charge is 2.15. The largest absolute Gasteiger partial charge is 0.494 e. The van der Waals surface area contributed by atoms with Gasteiger partial charge in [-0.1, -0.05) is 0 Å². The van der Waals surface area contributed by atoms with Crippen LogP contribution in [0.25, 0.3) is 0 Å². The molecule has 0 bridgehead atoms. The van der Waals surface area contributed by atoms with Crippen molar-refractivity contribution in [3.63, 3.8) is 0 Å². The first-order chi connectivity index (χ1) is 10.4. The first-order valence-electron chi connectivity index (χ1n) is 6.87. The zero-order chi connectivity index (χ0) is 16.7. The van der Waals surface area contributed by atoms with Crippen molar-refractivity contribution in [2.75, 3.05) is 58.6 Å². The fourth-order valence-corrected chi connectivity index (χ4v) is 1.87. The molecule has 0 atom stereocenters. The summed E-state index contributed by atoms with van der Waals surface area (Å²) in [6.07, 6.45) is 0. The molecule has 1 aromatic carbocycles. The number of benzene rings is 1. The normalized spacial score (nSPS) is 10.3. The Morgan fingerprint density at radius 3 is 2.50 bits per heavy atom. The second-order valence-corrected chi connectivity index (χ2v) is 5.11. The molecule has 22 heavy (non-hydrogen) atoms. The van der Waals surface area contributed by atoms with Crippen LogP contribution in [0, 0.1) is 10.3 Å². The third-order valence-electron chi connectivity index (χ3n) is 3.20. The van der Waals surface area contributed by atoms with Gasteiger partial charge in [0.25, 0.3) is 0 Å². The highest BCUT2D eigenvalue weighted by atomic mass is 16.5. The summed E-state index contributed by atoms with van der Waals surface area (Å²) >= 11 is 0. The van der Waals surface area contributed by atoms with E-state index < -0.39 is 0 Å². The fraction of sp³-hybridized carbons (Fsp3) is 0.500. The molecule has 122 valence electrons. The van der Waals surface area contributed by atoms with Crippen LogP contribution in [-0.4, -0.2) is 59.2 Å². The summed E-state index contributed by atoms with van der Waals surface area (Å²) in [7, 11) is 9.05. The van der Waals surface area contributed by atoms with Crippen molar-refractivity contribution in [3.05, 3.63) is 17.0 Å². The smallest absolute Gasteiger partial charge is 0.192 e. The Bertz CT molecular complexity index is 532. The van der Waals surface area contributed by atoms with E-state index in [1.807, 2.05) is 26.0 Å². The van der Waals surface area contributed by atoms with Gasteiger partial charge >= 0.3 is 0 Å². The number of hydrogen-bond donors (Lipinski definition) is 3. The molecule has 0 spiro atoms. The molecule has 0 saturated carbocycles. The first kappa shape index (κ1) is 17.7. The number of nitrogens with one attached hydrogen (secondary N) is 3. The second-order valence-electron chi connectivity index (χ2n) is 5.11. The number of nitroso groups, excluding NO2 is 1. The number of ether oxygens (including phenoxy) is 1. The van der Waals surface area contributed by atoms with E-state index in [1.165, 1.54) is 0 Å². The minimum atomic E-state index is 0.101. The Kier molecular flexibility index (Phi) is 6.58. The molecule has 8 heteroatoms. The first-order valence-corrected chi connectivity index (χ1v) is 6.87. The van der Waals surface area contributed by atoms with Crippen LogP contribution in [0.5, 0.6) is 5.75 Å². The predicted octanol–water partition coefficient (Wildman–Crippen LogP) is 1.66. The van der Waals surface area contributed by atoms with Gasteiger partial charge in [0.2, 0.25) is 0 Å². The molecule has 0 aliphatic heterocycles. The van der Waals surface area contributed by atoms with Crippen LogP contribution in [0.1, 0.15) is 0 Å². The minimum absolute atomic E-state index is 0.101. The third kappa shape index (κ3) is 4.59. The van der Waals surface area contributed by atoms with Gasteiger partial charge < -0.3 is 25.2 Å². The van der Waals surface area contributed by atoms with Gasteiger partial charge in [0.15, 0.2) is 5.96 Å². The summed E-state index contributed by atoms with van der Waals surface area (Å²) in [4.78, 5) is 15.2. The van der Waals surface area contributed by atoms with E-state index in [0.29, 0.717) is 22.8 Å². The van der Waals surface area contributed by atoms with E-state index >= 15 is 0 Å². The van der Waals surface area contributed by atoms with Gasteiger partial charge in [0.1, 0.15) is 11.4 Å². The van der Waals surface area contributed by atoms with E-state index in [-0.39, 0.29) is 5.96 Å². The zero-order valence-corrected chi connectivity index (χ0v) is 13.7. The van der Waals surface area contributed by atoms with Crippen molar-refractivity contribution in [2.45, 2.75) is 0 Å². The Labute approximate surface area is 130 Å². The maximum absolute atomic E-state index is 11.2. The van der Waals surface area contributed by atoms with E-state index in [1.54, 1.807) is 26.3 Å². The molecule has 0 aliphatic rings. The molecule has 3 N–H and O–H groups in total. The molecule has 0 aliphatic carbocycles. The summed E-state index contributed by atoms with van der Waals surface area (Å²) in [6, 6.07) is 3.33. The molecule has 0 heterocycles. The van der Waals surface area contributed by atoms with Gasteiger partial charge in [-0.2, -0.15) is 0 Å². The van der Waals surface area contributed by atoms with Gasteiger partial charge in [-0.25, -0.2) is 0 Å². The van der Waals surface area contributed by atoms with E-state index in [9.17, 15) is 4.91 Å². The van der Waals surface area contributed by atoms with E-state index in [0.717, 1.165) is 13.1 Å². The molecular formula is C14H24N6O2. The van der Waals surface area contributed by atoms with Crippen molar-refractivity contribution in [1.29, 1.82) is 5.41 Å². The topological polar surface area (TPSA) is 93.0 Å². The highest BCUT2D eigenvalue weighted by Crippen LogP contribution is 2.38. The van der Waals surface area contributed by atoms with Crippen LogP contribution in [0.4, 0.5) is 17.1 Å². The molecule has 0 saturated heterocycles. The molecule has 0 amide bonds. The summed E-state index contributed by atoms with van der Waals surface area (Å²) in [5.41, 5.74) is 1.50. The predicted molar refractivity (Wildman–Crippen MR) is 90.7 cm³/mol. The minimum Gasteiger partial charge on any atom is -0.494 e. The lowest BCUT2D eigenvalue weighted by Gasteiger charge is -2.24. The van der Waals surface area contributed by atoms with Crippen molar-refractivity contribution in [3.8, 4) is 5.75 Å². The van der Waals surface area contributed by atoms with Crippen LogP contribution >= 0.6 is 0 Å². The maximum Gasteiger partial charge on any atom is 0.192 e. The van der Waals surface area contributed by atoms with Crippen molar-refractivity contribution >= 4 is 23.0 Å². The van der Waals surface area contributed by atoms with Gasteiger partial charge in [-0.15, -0.1) is 4.91 Å². The maximum atomic E-state index is 11.2. The molecule has 0 aromatic heterocycles. The number of anilines is 2. The lowest BCUT2D eigenvalue weighted by atomic mass is 10.2. The van der Waals surface area contributed by atoms with Crippen molar-refractivity contribution in [2.24, 2.45) is 5.18 Å². The van der Waals surface area contributed by atoms with Crippen LogP contribution in [0.3, 0.4) is 0 Å². The molecule has 0 radical (unpaired) electrons. The van der Waals surface area contributed by atoms with E-state index in [2.05, 4.69) is 20.7 Å². The molecule has 1 aromatic rings. The number of likely N-dealkylation sites (N-methyl/N-ethyl adjacent to an activating group) is 2. The highest BCUT2D eigenvalue weighted by molar-refractivity contribution is 5.94. The lowest BCUT2D eigenvalue weighted by Crippen LogP contribution is -2.28. The van der Waals surface area contributed by atoms with E-state index in [4.69, 9.17) is 10.1 Å². The second kappa shape index (κ2) is 8.18. The fourth-order valence-electron chi connectivity index (χ4n) is 1.87. The van der Waals surface area contributed by atoms with Gasteiger partial charge in [-0.05, 0) is 25.3 Å². The number of rotatable bonds is 7. The standard InChI is InChI=1S/C14H24N6O2/c1-16-14(15)17-11-8-10(18-21)12(9-13(11)22-5)20(4)7-6-19(2)3/h8-9H,6-7H2,1-5H3,(H3,15,16,17). The Hall–Kier alpha value is -2.35. The summed E-state index contributed by atoms with van der Waals surface area (Å²) in [5, 5.41) is 16.2. The molecule has 0 fully saturated rings. The quantitative estimate of drug-likeness (QED) is 0.403. The Morgan fingerprint density at radius 1 is 1.32 bits per heavy atom. The lowest BCUT2D eigenvalue weighted by molar-refractivity contribution is 0.413. The number of nitrogens with zero attached hydrogens (tertiary/aromatic N) is 3. The third-order valence-corrected chi connectivity index (χ3v) is 3.20. The average molecular weight is 308 g/mol. The van der Waals surface area contributed by atoms with Crippen LogP contribution < -0.4 is 20.3 Å². The Balaban J connectivity index is 3.12. The van der Waals surface area contributed by atoms with Crippen LogP contribution in [0.2, 0.25) is 0 Å². The average Bonchev–Trinajstić information content (AvgIpc) is 2.51.